The van der Waals surface area contributed by atoms with Crippen LogP contribution in [0.3, 0.4) is 0 Å². The molecule has 0 radical (unpaired) electrons. The molecule has 4 nitrogen and oxygen atoms in total. The van der Waals surface area contributed by atoms with Crippen LogP contribution < -0.4 is 5.32 Å². The molecule has 56 valence electrons. The van der Waals surface area contributed by atoms with Crippen LogP contribution in [0, 0.1) is 0 Å². The molecule has 11 heavy (non-hydrogen) atoms. The van der Waals surface area contributed by atoms with Gasteiger partial charge in [0.2, 0.25) is 0 Å². The van der Waals surface area contributed by atoms with E-state index in [2.05, 4.69) is 15.4 Å². The summed E-state index contributed by atoms with van der Waals surface area (Å²) in [6, 6.07) is 3.89. The van der Waals surface area contributed by atoms with E-state index in [0.717, 1.165) is 11.3 Å². The molecule has 0 aliphatic carbocycles. The van der Waals surface area contributed by atoms with E-state index in [4.69, 9.17) is 0 Å². The zero-order valence-electron chi connectivity index (χ0n) is 6.15. The fourth-order valence-electron chi connectivity index (χ4n) is 1.04. The lowest BCUT2D eigenvalue weighted by Gasteiger charge is -1.98. The number of pyridine rings is 1. The molecule has 0 bridgehead atoms. The number of nitrogens with one attached hydrogen (secondary N) is 1. The van der Waals surface area contributed by atoms with E-state index < -0.39 is 0 Å². The van der Waals surface area contributed by atoms with E-state index in [-0.39, 0.29) is 0 Å². The van der Waals surface area contributed by atoms with Crippen molar-refractivity contribution in [2.45, 2.75) is 0 Å². The molecule has 0 aliphatic rings. The Hall–Kier alpha value is -1.58. The van der Waals surface area contributed by atoms with E-state index in [0.29, 0.717) is 0 Å². The van der Waals surface area contributed by atoms with E-state index in [1.54, 1.807) is 4.52 Å². The number of nitrogens with zero attached hydrogens (tertiary/aromatic N) is 3. The Morgan fingerprint density at radius 1 is 1.55 bits per heavy atom. The third-order valence-corrected chi connectivity index (χ3v) is 1.57. The molecule has 0 saturated carbocycles. The van der Waals surface area contributed by atoms with Crippen LogP contribution in [-0.2, 0) is 0 Å². The largest absolute Gasteiger partial charge is 0.385 e. The second kappa shape index (κ2) is 2.23. The predicted molar refractivity (Wildman–Crippen MR) is 42.5 cm³/mol. The maximum atomic E-state index is 4.08. The molecule has 0 saturated heterocycles. The molecular formula is C7H8N4. The van der Waals surface area contributed by atoms with Crippen molar-refractivity contribution in [2.75, 3.05) is 12.4 Å². The first-order valence-corrected chi connectivity index (χ1v) is 3.38. The van der Waals surface area contributed by atoms with Crippen LogP contribution in [-0.4, -0.2) is 21.6 Å². The maximum absolute atomic E-state index is 4.08. The van der Waals surface area contributed by atoms with E-state index in [1.807, 2.05) is 25.4 Å². The van der Waals surface area contributed by atoms with Crippen molar-refractivity contribution in [3.63, 3.8) is 0 Å². The smallest absolute Gasteiger partial charge is 0.178 e. The maximum Gasteiger partial charge on any atom is 0.178 e. The van der Waals surface area contributed by atoms with Gasteiger partial charge in [-0.2, -0.15) is 5.10 Å². The molecule has 1 N–H and O–H groups in total. The van der Waals surface area contributed by atoms with Gasteiger partial charge in [0.25, 0.3) is 0 Å². The van der Waals surface area contributed by atoms with Gasteiger partial charge in [-0.3, -0.25) is 0 Å². The van der Waals surface area contributed by atoms with Crippen molar-refractivity contribution in [1.82, 2.24) is 14.6 Å². The van der Waals surface area contributed by atoms with E-state index in [9.17, 15) is 0 Å². The fourth-order valence-corrected chi connectivity index (χ4v) is 1.04. The molecule has 0 fully saturated rings. The molecule has 0 aromatic carbocycles. The summed E-state index contributed by atoms with van der Waals surface area (Å²) < 4.78 is 1.73. The number of rotatable bonds is 1. The standard InChI is InChI=1S/C7H8N4/c1-8-6-3-2-4-11-7(6)9-5-10-11/h2-5,8H,1H3. The molecule has 2 aromatic rings. The van der Waals surface area contributed by atoms with Gasteiger partial charge in [-0.05, 0) is 12.1 Å². The summed E-state index contributed by atoms with van der Waals surface area (Å²) in [4.78, 5) is 4.08. The van der Waals surface area contributed by atoms with Crippen molar-refractivity contribution < 1.29 is 0 Å². The summed E-state index contributed by atoms with van der Waals surface area (Å²) in [5, 5.41) is 7.03. The van der Waals surface area contributed by atoms with Crippen molar-refractivity contribution in [1.29, 1.82) is 0 Å². The summed E-state index contributed by atoms with van der Waals surface area (Å²) in [6.07, 6.45) is 3.40. The molecule has 2 aromatic heterocycles. The minimum absolute atomic E-state index is 0.856. The highest BCUT2D eigenvalue weighted by Gasteiger charge is 1.98. The van der Waals surface area contributed by atoms with Gasteiger partial charge < -0.3 is 5.32 Å². The number of hydrogen-bond acceptors (Lipinski definition) is 3. The monoisotopic (exact) mass is 148 g/mol. The average Bonchev–Trinajstić information content (AvgIpc) is 2.50. The Morgan fingerprint density at radius 2 is 2.45 bits per heavy atom. The number of fused-ring (bicyclic) bond motifs is 1. The third-order valence-electron chi connectivity index (χ3n) is 1.57. The summed E-state index contributed by atoms with van der Waals surface area (Å²) in [5.74, 6) is 0. The second-order valence-electron chi connectivity index (χ2n) is 2.20. The number of hydrogen-bond donors (Lipinski definition) is 1. The van der Waals surface area contributed by atoms with Gasteiger partial charge in [-0.25, -0.2) is 9.50 Å². The minimum atomic E-state index is 0.856. The number of aromatic nitrogens is 3. The molecule has 0 amide bonds. The topological polar surface area (TPSA) is 42.2 Å². The highest BCUT2D eigenvalue weighted by molar-refractivity contribution is 5.65. The normalized spacial score (nSPS) is 10.3. The summed E-state index contributed by atoms with van der Waals surface area (Å²) >= 11 is 0. The zero-order valence-corrected chi connectivity index (χ0v) is 6.15. The minimum Gasteiger partial charge on any atom is -0.385 e. The molecule has 0 atom stereocenters. The Kier molecular flexibility index (Phi) is 1.25. The molecule has 0 spiro atoms. The van der Waals surface area contributed by atoms with Crippen LogP contribution in [0.1, 0.15) is 0 Å². The first-order valence-electron chi connectivity index (χ1n) is 3.38. The Morgan fingerprint density at radius 3 is 3.27 bits per heavy atom. The van der Waals surface area contributed by atoms with Crippen molar-refractivity contribution in [3.05, 3.63) is 24.7 Å². The van der Waals surface area contributed by atoms with Crippen LogP contribution >= 0.6 is 0 Å². The molecule has 2 rings (SSSR count). The van der Waals surface area contributed by atoms with Crippen LogP contribution in [0.4, 0.5) is 5.69 Å². The van der Waals surface area contributed by atoms with Crippen LogP contribution in [0.25, 0.3) is 5.65 Å². The lowest BCUT2D eigenvalue weighted by atomic mass is 10.4. The SMILES string of the molecule is CNc1cccn2ncnc12. The quantitative estimate of drug-likeness (QED) is 0.649. The average molecular weight is 148 g/mol. The summed E-state index contributed by atoms with van der Waals surface area (Å²) in [7, 11) is 1.87. The van der Waals surface area contributed by atoms with E-state index in [1.165, 1.54) is 6.33 Å². The molecular weight excluding hydrogens is 140 g/mol. The predicted octanol–water partition coefficient (Wildman–Crippen LogP) is 0.771. The third kappa shape index (κ3) is 0.832. The lowest BCUT2D eigenvalue weighted by Crippen LogP contribution is -1.93. The Labute approximate surface area is 63.9 Å². The second-order valence-corrected chi connectivity index (χ2v) is 2.20. The van der Waals surface area contributed by atoms with Gasteiger partial charge in [0.1, 0.15) is 6.33 Å². The van der Waals surface area contributed by atoms with Gasteiger partial charge in [0, 0.05) is 13.2 Å². The number of anilines is 1. The van der Waals surface area contributed by atoms with Gasteiger partial charge in [-0.15, -0.1) is 0 Å². The lowest BCUT2D eigenvalue weighted by molar-refractivity contribution is 0.961. The highest BCUT2D eigenvalue weighted by atomic mass is 15.3. The van der Waals surface area contributed by atoms with Crippen LogP contribution in [0.15, 0.2) is 24.7 Å². The molecule has 4 heteroatoms. The van der Waals surface area contributed by atoms with Crippen LogP contribution in [0.2, 0.25) is 0 Å². The molecule has 0 unspecified atom stereocenters. The zero-order chi connectivity index (χ0) is 7.68. The molecule has 0 aliphatic heterocycles. The van der Waals surface area contributed by atoms with Crippen molar-refractivity contribution in [2.24, 2.45) is 0 Å². The van der Waals surface area contributed by atoms with E-state index >= 15 is 0 Å². The Bertz CT molecular complexity index is 365. The first kappa shape index (κ1) is 6.15. The summed E-state index contributed by atoms with van der Waals surface area (Å²) in [6.45, 7) is 0. The van der Waals surface area contributed by atoms with Gasteiger partial charge in [-0.1, -0.05) is 0 Å². The molecule has 2 heterocycles. The van der Waals surface area contributed by atoms with Gasteiger partial charge >= 0.3 is 0 Å². The van der Waals surface area contributed by atoms with Gasteiger partial charge in [0.05, 0.1) is 5.69 Å². The van der Waals surface area contributed by atoms with Crippen molar-refractivity contribution in [3.8, 4) is 0 Å². The van der Waals surface area contributed by atoms with Crippen molar-refractivity contribution >= 4 is 11.3 Å². The highest BCUT2D eigenvalue weighted by Crippen LogP contribution is 2.11. The van der Waals surface area contributed by atoms with Gasteiger partial charge in [0.15, 0.2) is 5.65 Å². The summed E-state index contributed by atoms with van der Waals surface area (Å²) in [5.41, 5.74) is 1.85. The van der Waals surface area contributed by atoms with Crippen LogP contribution in [0.5, 0.6) is 0 Å². The Balaban J connectivity index is 2.79. The fraction of sp³-hybridized carbons (Fsp3) is 0.143. The first-order chi connectivity index (χ1) is 5.42.